The average Bonchev–Trinajstić information content (AvgIpc) is 2.05. The van der Waals surface area contributed by atoms with E-state index in [2.05, 4.69) is 51.1 Å². The Morgan fingerprint density at radius 1 is 1.50 bits per heavy atom. The molecule has 0 saturated carbocycles. The third-order valence-electron chi connectivity index (χ3n) is 2.50. The van der Waals surface area contributed by atoms with Gasteiger partial charge in [-0.2, -0.15) is 0 Å². The molecule has 0 radical (unpaired) electrons. The lowest BCUT2D eigenvalue weighted by molar-refractivity contribution is 0.366. The van der Waals surface area contributed by atoms with E-state index in [-0.39, 0.29) is 0 Å². The maximum atomic E-state index is 2.38. The summed E-state index contributed by atoms with van der Waals surface area (Å²) in [5.41, 5.74) is 1.47. The number of likely N-dealkylation sites (N-methyl/N-ethyl adjacent to an activating group) is 1. The minimum Gasteiger partial charge on any atom is -0.374 e. The lowest BCUT2D eigenvalue weighted by atomic mass is 9.97. The van der Waals surface area contributed by atoms with Gasteiger partial charge in [-0.3, -0.25) is 0 Å². The summed E-state index contributed by atoms with van der Waals surface area (Å²) in [6.45, 7) is 6.72. The molecule has 0 bridgehead atoms. The van der Waals surface area contributed by atoms with Gasteiger partial charge in [-0.25, -0.2) is 0 Å². The van der Waals surface area contributed by atoms with Crippen LogP contribution in [0.4, 0.5) is 0 Å². The highest BCUT2D eigenvalue weighted by molar-refractivity contribution is 5.26. The number of hydrogen-bond donors (Lipinski definition) is 0. The first kappa shape index (κ1) is 9.37. The van der Waals surface area contributed by atoms with Gasteiger partial charge in [0.05, 0.1) is 0 Å². The summed E-state index contributed by atoms with van der Waals surface area (Å²) in [6.07, 6.45) is 7.97. The van der Waals surface area contributed by atoms with Crippen molar-refractivity contribution in [2.24, 2.45) is 5.92 Å². The van der Waals surface area contributed by atoms with E-state index in [1.165, 1.54) is 12.0 Å². The van der Waals surface area contributed by atoms with Gasteiger partial charge in [0.15, 0.2) is 0 Å². The van der Waals surface area contributed by atoms with Crippen LogP contribution in [-0.2, 0) is 0 Å². The molecule has 1 heterocycles. The minimum atomic E-state index is 0.604. The monoisotopic (exact) mass is 165 g/mol. The summed E-state index contributed by atoms with van der Waals surface area (Å²) >= 11 is 0. The molecule has 0 N–H and O–H groups in total. The van der Waals surface area contributed by atoms with Gasteiger partial charge in [-0.05, 0) is 30.2 Å². The zero-order valence-corrected chi connectivity index (χ0v) is 8.54. The van der Waals surface area contributed by atoms with Gasteiger partial charge in [-0.15, -0.1) is 0 Å². The van der Waals surface area contributed by atoms with Crippen LogP contribution in [0.15, 0.2) is 23.9 Å². The van der Waals surface area contributed by atoms with Crippen molar-refractivity contribution in [3.63, 3.8) is 0 Å². The van der Waals surface area contributed by atoms with Gasteiger partial charge in [0.2, 0.25) is 0 Å². The van der Waals surface area contributed by atoms with Gasteiger partial charge in [0.1, 0.15) is 0 Å². The van der Waals surface area contributed by atoms with E-state index in [1.54, 1.807) is 0 Å². The van der Waals surface area contributed by atoms with Crippen molar-refractivity contribution in [1.82, 2.24) is 4.90 Å². The Hall–Kier alpha value is -0.720. The topological polar surface area (TPSA) is 3.24 Å². The first-order valence-electron chi connectivity index (χ1n) is 4.77. The molecule has 1 aliphatic heterocycles. The van der Waals surface area contributed by atoms with E-state index >= 15 is 0 Å². The zero-order chi connectivity index (χ0) is 9.14. The van der Waals surface area contributed by atoms with Crippen LogP contribution in [0.5, 0.6) is 0 Å². The van der Waals surface area contributed by atoms with Crippen LogP contribution in [0.3, 0.4) is 0 Å². The van der Waals surface area contributed by atoms with Crippen LogP contribution in [-0.4, -0.2) is 18.0 Å². The van der Waals surface area contributed by atoms with E-state index in [0.29, 0.717) is 12.0 Å². The fourth-order valence-corrected chi connectivity index (χ4v) is 1.50. The molecule has 0 aliphatic carbocycles. The van der Waals surface area contributed by atoms with Gasteiger partial charge < -0.3 is 4.90 Å². The first-order chi connectivity index (χ1) is 5.65. The Labute approximate surface area is 75.8 Å². The molecule has 12 heavy (non-hydrogen) atoms. The largest absolute Gasteiger partial charge is 0.374 e. The normalized spacial score (nSPS) is 23.2. The van der Waals surface area contributed by atoms with Crippen molar-refractivity contribution in [3.05, 3.63) is 23.9 Å². The molecule has 0 aromatic heterocycles. The predicted octanol–water partition coefficient (Wildman–Crippen LogP) is 2.81. The quantitative estimate of drug-likeness (QED) is 0.608. The Kier molecular flexibility index (Phi) is 2.96. The predicted molar refractivity (Wildman–Crippen MR) is 53.9 cm³/mol. The minimum absolute atomic E-state index is 0.604. The zero-order valence-electron chi connectivity index (χ0n) is 8.54. The highest BCUT2D eigenvalue weighted by Crippen LogP contribution is 2.19. The van der Waals surface area contributed by atoms with Crippen LogP contribution in [0.2, 0.25) is 0 Å². The molecule has 68 valence electrons. The summed E-state index contributed by atoms with van der Waals surface area (Å²) in [7, 11) is 2.14. The van der Waals surface area contributed by atoms with Crippen molar-refractivity contribution >= 4 is 0 Å². The van der Waals surface area contributed by atoms with Gasteiger partial charge in [0.25, 0.3) is 0 Å². The number of rotatable bonds is 2. The lowest BCUT2D eigenvalue weighted by Crippen LogP contribution is -2.27. The molecule has 1 atom stereocenters. The van der Waals surface area contributed by atoms with E-state index in [9.17, 15) is 0 Å². The molecule has 0 spiro atoms. The van der Waals surface area contributed by atoms with Gasteiger partial charge in [0, 0.05) is 13.1 Å². The third kappa shape index (κ3) is 1.90. The number of hydrogen-bond acceptors (Lipinski definition) is 1. The van der Waals surface area contributed by atoms with Crippen LogP contribution in [0.25, 0.3) is 0 Å². The summed E-state index contributed by atoms with van der Waals surface area (Å²) in [5, 5.41) is 0. The molecule has 1 unspecified atom stereocenters. The van der Waals surface area contributed by atoms with Gasteiger partial charge >= 0.3 is 0 Å². The maximum Gasteiger partial charge on any atom is 0.0467 e. The first-order valence-corrected chi connectivity index (χ1v) is 4.77. The van der Waals surface area contributed by atoms with E-state index in [0.717, 1.165) is 0 Å². The molecular weight excluding hydrogens is 146 g/mol. The third-order valence-corrected chi connectivity index (χ3v) is 2.50. The summed E-state index contributed by atoms with van der Waals surface area (Å²) in [6, 6.07) is 0.604. The maximum absolute atomic E-state index is 2.38. The van der Waals surface area contributed by atoms with Crippen LogP contribution >= 0.6 is 0 Å². The molecule has 0 aromatic rings. The summed E-state index contributed by atoms with van der Waals surface area (Å²) in [4.78, 5) is 2.27. The van der Waals surface area contributed by atoms with Crippen molar-refractivity contribution < 1.29 is 0 Å². The molecular formula is C11H19N. The van der Waals surface area contributed by atoms with Crippen molar-refractivity contribution in [2.75, 3.05) is 7.05 Å². The Balaban J connectivity index is 2.73. The highest BCUT2D eigenvalue weighted by atomic mass is 15.1. The number of nitrogens with zero attached hydrogens (tertiary/aromatic N) is 1. The fraction of sp³-hybridized carbons (Fsp3) is 0.636. The smallest absolute Gasteiger partial charge is 0.0467 e. The molecule has 0 fully saturated rings. The molecule has 1 aliphatic rings. The highest BCUT2D eigenvalue weighted by Gasteiger charge is 2.12. The fourth-order valence-electron chi connectivity index (χ4n) is 1.50. The van der Waals surface area contributed by atoms with E-state index < -0.39 is 0 Å². The summed E-state index contributed by atoms with van der Waals surface area (Å²) < 4.78 is 0. The summed E-state index contributed by atoms with van der Waals surface area (Å²) in [5.74, 6) is 0.656. The second-order valence-corrected chi connectivity index (χ2v) is 3.78. The standard InChI is InChI=1S/C11H19N/c1-5-11-8-10(9(2)3)6-7-12(11)4/h6-9,11H,5H2,1-4H3. The molecule has 0 amide bonds. The Morgan fingerprint density at radius 2 is 2.17 bits per heavy atom. The average molecular weight is 165 g/mol. The SMILES string of the molecule is CCC1C=C(C(C)C)C=CN1C. The van der Waals surface area contributed by atoms with Crippen LogP contribution < -0.4 is 0 Å². The molecule has 1 heteroatoms. The Morgan fingerprint density at radius 3 is 2.67 bits per heavy atom. The molecule has 1 rings (SSSR count). The molecule has 0 aromatic carbocycles. The van der Waals surface area contributed by atoms with Crippen LogP contribution in [0.1, 0.15) is 27.2 Å². The molecule has 1 nitrogen and oxygen atoms in total. The second-order valence-electron chi connectivity index (χ2n) is 3.78. The second kappa shape index (κ2) is 3.79. The van der Waals surface area contributed by atoms with E-state index in [4.69, 9.17) is 0 Å². The van der Waals surface area contributed by atoms with Crippen molar-refractivity contribution in [1.29, 1.82) is 0 Å². The molecule has 0 saturated heterocycles. The Bertz CT molecular complexity index is 201. The van der Waals surface area contributed by atoms with Crippen molar-refractivity contribution in [3.8, 4) is 0 Å². The van der Waals surface area contributed by atoms with Gasteiger partial charge in [-0.1, -0.05) is 26.8 Å². The van der Waals surface area contributed by atoms with E-state index in [1.807, 2.05) is 0 Å². The number of allylic oxidation sites excluding steroid dienone is 2. The van der Waals surface area contributed by atoms with Crippen LogP contribution in [0, 0.1) is 5.92 Å². The lowest BCUT2D eigenvalue weighted by Gasteiger charge is -2.28. The van der Waals surface area contributed by atoms with Crippen molar-refractivity contribution in [2.45, 2.75) is 33.2 Å².